The average Bonchev–Trinajstić information content (AvgIpc) is 2.77. The molecule has 6 nitrogen and oxygen atoms in total. The summed E-state index contributed by atoms with van der Waals surface area (Å²) in [7, 11) is -1.34. The van der Waals surface area contributed by atoms with Crippen molar-refractivity contribution in [3.8, 4) is 28.8 Å². The molecule has 0 radical (unpaired) electrons. The number of alkyl halides is 3. The van der Waals surface area contributed by atoms with Crippen molar-refractivity contribution < 1.29 is 22.1 Å². The Morgan fingerprint density at radius 2 is 1.94 bits per heavy atom. The molecular formula is C24H23F3N4O2S. The van der Waals surface area contributed by atoms with Crippen LogP contribution in [0.4, 0.5) is 18.9 Å². The van der Waals surface area contributed by atoms with E-state index in [-0.39, 0.29) is 17.0 Å². The molecule has 0 amide bonds. The molecule has 2 heterocycles. The largest absolute Gasteiger partial charge is 0.495 e. The molecule has 1 N–H and O–H groups in total. The summed E-state index contributed by atoms with van der Waals surface area (Å²) in [6.45, 7) is 3.62. The number of hydrogen-bond donors (Lipinski definition) is 1. The summed E-state index contributed by atoms with van der Waals surface area (Å²) in [5.41, 5.74) is 2.09. The average molecular weight is 489 g/mol. The van der Waals surface area contributed by atoms with Gasteiger partial charge in [0, 0.05) is 33.3 Å². The highest BCUT2D eigenvalue weighted by Gasteiger charge is 2.35. The van der Waals surface area contributed by atoms with E-state index in [9.17, 15) is 17.4 Å². The number of nitrogens with zero attached hydrogens (tertiary/aromatic N) is 3. The molecule has 3 rings (SSSR count). The maximum absolute atomic E-state index is 13.6. The van der Waals surface area contributed by atoms with Gasteiger partial charge in [0.2, 0.25) is 0 Å². The fourth-order valence-electron chi connectivity index (χ4n) is 3.26. The fourth-order valence-corrected chi connectivity index (χ4v) is 3.94. The number of anilines is 1. The highest BCUT2D eigenvalue weighted by atomic mass is 32.2. The molecule has 0 aliphatic heterocycles. The van der Waals surface area contributed by atoms with Crippen molar-refractivity contribution in [2.24, 2.45) is 0 Å². The van der Waals surface area contributed by atoms with Gasteiger partial charge < -0.3 is 9.46 Å². The van der Waals surface area contributed by atoms with E-state index in [1.807, 2.05) is 6.92 Å². The minimum Gasteiger partial charge on any atom is -0.495 e. The van der Waals surface area contributed by atoms with Gasteiger partial charge in [0.1, 0.15) is 12.1 Å². The third-order valence-corrected chi connectivity index (χ3v) is 5.44. The van der Waals surface area contributed by atoms with E-state index in [1.54, 1.807) is 19.2 Å². The van der Waals surface area contributed by atoms with Crippen LogP contribution in [-0.2, 0) is 22.3 Å². The van der Waals surface area contributed by atoms with E-state index >= 15 is 0 Å². The lowest BCUT2D eigenvalue weighted by atomic mass is 9.99. The zero-order chi connectivity index (χ0) is 25.1. The van der Waals surface area contributed by atoms with Crippen LogP contribution in [0.3, 0.4) is 0 Å². The molecule has 2 aromatic heterocycles. The second kappa shape index (κ2) is 9.73. The Hall–Kier alpha value is -3.58. The minimum atomic E-state index is -4.60. The summed E-state index contributed by atoms with van der Waals surface area (Å²) in [6.07, 6.45) is 0.194. The molecule has 0 saturated heterocycles. The summed E-state index contributed by atoms with van der Waals surface area (Å²) in [6, 6.07) is 5.44. The van der Waals surface area contributed by atoms with Crippen molar-refractivity contribution >= 4 is 21.3 Å². The maximum Gasteiger partial charge on any atom is 0.419 e. The van der Waals surface area contributed by atoms with E-state index in [2.05, 4.69) is 37.4 Å². The Morgan fingerprint density at radius 3 is 2.56 bits per heavy atom. The van der Waals surface area contributed by atoms with Gasteiger partial charge in [0.05, 0.1) is 41.0 Å². The van der Waals surface area contributed by atoms with Crippen molar-refractivity contribution in [1.82, 2.24) is 15.0 Å². The summed E-state index contributed by atoms with van der Waals surface area (Å²) >= 11 is 0. The van der Waals surface area contributed by atoms with Crippen LogP contribution in [0.5, 0.6) is 5.75 Å². The predicted molar refractivity (Wildman–Crippen MR) is 128 cm³/mol. The van der Waals surface area contributed by atoms with Crippen LogP contribution in [0.2, 0.25) is 0 Å². The van der Waals surface area contributed by atoms with Gasteiger partial charge in [-0.3, -0.25) is 4.98 Å². The molecule has 34 heavy (non-hydrogen) atoms. The topological polar surface area (TPSA) is 77.0 Å². The lowest BCUT2D eigenvalue weighted by Crippen LogP contribution is -2.11. The quantitative estimate of drug-likeness (QED) is 0.423. The smallest absolute Gasteiger partial charge is 0.419 e. The van der Waals surface area contributed by atoms with Gasteiger partial charge in [0.15, 0.2) is 0 Å². The molecule has 10 heteroatoms. The first-order chi connectivity index (χ1) is 15.9. The van der Waals surface area contributed by atoms with E-state index in [0.717, 1.165) is 6.07 Å². The Balaban J connectivity index is 2.19. The number of aryl methyl sites for hydroxylation is 2. The van der Waals surface area contributed by atoms with Gasteiger partial charge in [-0.2, -0.15) is 13.2 Å². The number of rotatable bonds is 5. The third kappa shape index (κ3) is 5.66. The molecule has 0 fully saturated rings. The molecule has 0 spiro atoms. The van der Waals surface area contributed by atoms with Crippen molar-refractivity contribution in [2.45, 2.75) is 26.4 Å². The molecule has 0 bridgehead atoms. The molecular weight excluding hydrogens is 465 g/mol. The van der Waals surface area contributed by atoms with Crippen molar-refractivity contribution in [3.05, 3.63) is 64.9 Å². The second-order valence-electron chi connectivity index (χ2n) is 7.50. The van der Waals surface area contributed by atoms with Gasteiger partial charge in [-0.05, 0) is 37.4 Å². The van der Waals surface area contributed by atoms with Crippen LogP contribution in [-0.4, -0.2) is 38.4 Å². The summed E-state index contributed by atoms with van der Waals surface area (Å²) < 4.78 is 60.7. The van der Waals surface area contributed by atoms with Crippen molar-refractivity contribution in [2.75, 3.05) is 18.1 Å². The number of nitrogens with one attached hydrogen (secondary N) is 1. The standard InChI is InChI=1S/C24H23F3N4O2S/c1-6-20-17(11-10-16-12-21(15(2)28-13-16)31-34(4,5)32)22(30-14-29-20)18-8-7-9-19(23(18)33-3)24(25,26)27/h7-9,12-14H,4,6H2,1-3,5H3,(H,31,32). The summed E-state index contributed by atoms with van der Waals surface area (Å²) in [5.74, 6) is 9.22. The van der Waals surface area contributed by atoms with Crippen molar-refractivity contribution in [1.29, 1.82) is 0 Å². The Bertz CT molecular complexity index is 1390. The van der Waals surface area contributed by atoms with Crippen LogP contribution in [0.25, 0.3) is 11.3 Å². The Labute approximate surface area is 196 Å². The number of para-hydroxylation sites is 1. The minimum absolute atomic E-state index is 0.158. The second-order valence-corrected chi connectivity index (χ2v) is 9.71. The summed E-state index contributed by atoms with van der Waals surface area (Å²) in [5, 5.41) is 0. The Morgan fingerprint density at radius 1 is 1.21 bits per heavy atom. The van der Waals surface area contributed by atoms with Crippen LogP contribution in [0.1, 0.15) is 35.0 Å². The highest BCUT2D eigenvalue weighted by molar-refractivity contribution is 8.00. The molecule has 0 saturated carbocycles. The van der Waals surface area contributed by atoms with Gasteiger partial charge in [-0.25, -0.2) is 14.2 Å². The van der Waals surface area contributed by atoms with E-state index in [1.165, 1.54) is 31.8 Å². The monoisotopic (exact) mass is 488 g/mol. The SMILES string of the molecule is C=S(C)(=O)Nc1cc(C#Cc2c(CC)ncnc2-c2cccc(C(F)(F)F)c2OC)cnc1C. The Kier molecular flexibility index (Phi) is 7.17. The first-order valence-electron chi connectivity index (χ1n) is 10.1. The molecule has 0 aliphatic rings. The zero-order valence-corrected chi connectivity index (χ0v) is 19.9. The fraction of sp³-hybridized carbons (Fsp3) is 0.250. The van der Waals surface area contributed by atoms with Gasteiger partial charge in [-0.15, -0.1) is 0 Å². The number of benzene rings is 1. The number of hydrogen-bond acceptors (Lipinski definition) is 5. The van der Waals surface area contributed by atoms with Gasteiger partial charge >= 0.3 is 6.18 Å². The number of halogens is 3. The van der Waals surface area contributed by atoms with Crippen LogP contribution in [0, 0.1) is 18.8 Å². The van der Waals surface area contributed by atoms with E-state index in [0.29, 0.717) is 34.6 Å². The molecule has 3 aromatic rings. The van der Waals surface area contributed by atoms with Crippen LogP contribution >= 0.6 is 0 Å². The zero-order valence-electron chi connectivity index (χ0n) is 19.1. The summed E-state index contributed by atoms with van der Waals surface area (Å²) in [4.78, 5) is 12.8. The van der Waals surface area contributed by atoms with Crippen LogP contribution in [0.15, 0.2) is 36.8 Å². The molecule has 1 atom stereocenters. The molecule has 1 unspecified atom stereocenters. The van der Waals surface area contributed by atoms with Gasteiger partial charge in [0.25, 0.3) is 0 Å². The first kappa shape index (κ1) is 25.1. The van der Waals surface area contributed by atoms with E-state index in [4.69, 9.17) is 4.74 Å². The maximum atomic E-state index is 13.6. The lowest BCUT2D eigenvalue weighted by Gasteiger charge is -2.16. The number of methoxy groups -OCH3 is 1. The van der Waals surface area contributed by atoms with Gasteiger partial charge in [-0.1, -0.05) is 24.8 Å². The normalized spacial score (nSPS) is 12.9. The number of ether oxygens (including phenoxy) is 1. The first-order valence-corrected chi connectivity index (χ1v) is 12.2. The molecule has 0 aliphatic carbocycles. The van der Waals surface area contributed by atoms with E-state index < -0.39 is 21.4 Å². The molecule has 1 aromatic carbocycles. The number of aromatic nitrogens is 3. The van der Waals surface area contributed by atoms with Crippen molar-refractivity contribution in [3.63, 3.8) is 0 Å². The predicted octanol–water partition coefficient (Wildman–Crippen LogP) is 4.51. The number of pyridine rings is 1. The lowest BCUT2D eigenvalue weighted by molar-refractivity contribution is -0.138. The van der Waals surface area contributed by atoms with Crippen LogP contribution < -0.4 is 9.46 Å². The third-order valence-electron chi connectivity index (χ3n) is 4.78. The molecule has 178 valence electrons. The highest BCUT2D eigenvalue weighted by Crippen LogP contribution is 2.42.